The number of nitrogens with zero attached hydrogens (tertiary/aromatic N) is 1. The van der Waals surface area contributed by atoms with Crippen LogP contribution in [0.15, 0.2) is 18.2 Å². The molecule has 1 saturated carbocycles. The Balaban J connectivity index is 1.98. The number of imide groups is 1. The monoisotopic (exact) mass is 277 g/mol. The summed E-state index contributed by atoms with van der Waals surface area (Å²) in [6.07, 6.45) is 2.22. The maximum Gasteiger partial charge on any atom is 0.338 e. The minimum Gasteiger partial charge on any atom is -0.478 e. The summed E-state index contributed by atoms with van der Waals surface area (Å²) < 4.78 is 13.7. The van der Waals surface area contributed by atoms with Crippen LogP contribution in [0.3, 0.4) is 0 Å². The molecule has 1 heterocycles. The molecule has 104 valence electrons. The van der Waals surface area contributed by atoms with Gasteiger partial charge in [0.15, 0.2) is 0 Å². The smallest absolute Gasteiger partial charge is 0.338 e. The number of hydrogen-bond acceptors (Lipinski definition) is 3. The Labute approximate surface area is 114 Å². The van der Waals surface area contributed by atoms with Crippen molar-refractivity contribution in [2.45, 2.75) is 19.3 Å². The summed E-state index contributed by atoms with van der Waals surface area (Å²) in [5.74, 6) is -3.55. The van der Waals surface area contributed by atoms with Crippen LogP contribution in [-0.2, 0) is 9.59 Å². The number of carboxylic acid groups (broad SMARTS) is 1. The van der Waals surface area contributed by atoms with E-state index in [1.807, 2.05) is 0 Å². The molecule has 1 aliphatic heterocycles. The van der Waals surface area contributed by atoms with Crippen molar-refractivity contribution >= 4 is 23.5 Å². The minimum absolute atomic E-state index is 0.108. The molecule has 2 aliphatic rings. The van der Waals surface area contributed by atoms with Gasteiger partial charge in [-0.05, 0) is 31.0 Å². The molecule has 0 radical (unpaired) electrons. The maximum absolute atomic E-state index is 13.7. The molecule has 0 aromatic heterocycles. The maximum atomic E-state index is 13.7. The van der Waals surface area contributed by atoms with Crippen LogP contribution in [0.5, 0.6) is 0 Å². The topological polar surface area (TPSA) is 74.7 Å². The van der Waals surface area contributed by atoms with E-state index in [4.69, 9.17) is 5.11 Å². The summed E-state index contributed by atoms with van der Waals surface area (Å²) in [4.78, 5) is 36.1. The van der Waals surface area contributed by atoms with E-state index in [1.165, 1.54) is 6.07 Å². The standard InChI is InChI=1S/C14H12FNO4/c15-11-6-7(4-5-10(11)14(19)20)16-12(17)8-2-1-3-9(8)13(16)18/h4-6,8-9H,1-3H2,(H,19,20). The summed E-state index contributed by atoms with van der Waals surface area (Å²) in [5.41, 5.74) is -0.370. The average molecular weight is 277 g/mol. The first-order valence-corrected chi connectivity index (χ1v) is 6.41. The van der Waals surface area contributed by atoms with Crippen LogP contribution in [0.2, 0.25) is 0 Å². The fourth-order valence-corrected chi connectivity index (χ4v) is 3.06. The van der Waals surface area contributed by atoms with Gasteiger partial charge in [0.1, 0.15) is 5.82 Å². The number of anilines is 1. The molecule has 2 fully saturated rings. The highest BCUT2D eigenvalue weighted by Crippen LogP contribution is 2.41. The molecular formula is C14H12FNO4. The lowest BCUT2D eigenvalue weighted by Gasteiger charge is -2.16. The van der Waals surface area contributed by atoms with Crippen molar-refractivity contribution in [2.24, 2.45) is 11.8 Å². The van der Waals surface area contributed by atoms with Gasteiger partial charge in [-0.25, -0.2) is 14.1 Å². The van der Waals surface area contributed by atoms with Crippen LogP contribution in [0.1, 0.15) is 29.6 Å². The number of carbonyl (C=O) groups is 3. The zero-order valence-electron chi connectivity index (χ0n) is 10.5. The fourth-order valence-electron chi connectivity index (χ4n) is 3.06. The zero-order valence-corrected chi connectivity index (χ0v) is 10.5. The number of hydrogen-bond donors (Lipinski definition) is 1. The van der Waals surface area contributed by atoms with Crippen molar-refractivity contribution < 1.29 is 23.9 Å². The van der Waals surface area contributed by atoms with Crippen LogP contribution in [-0.4, -0.2) is 22.9 Å². The Morgan fingerprint density at radius 2 is 1.80 bits per heavy atom. The normalized spacial score (nSPS) is 25.1. The number of benzene rings is 1. The molecule has 1 aromatic carbocycles. The van der Waals surface area contributed by atoms with Gasteiger partial charge in [0.05, 0.1) is 23.1 Å². The highest BCUT2D eigenvalue weighted by atomic mass is 19.1. The molecule has 5 nitrogen and oxygen atoms in total. The molecule has 1 aromatic rings. The number of aromatic carboxylic acids is 1. The average Bonchev–Trinajstić information content (AvgIpc) is 2.94. The van der Waals surface area contributed by atoms with E-state index < -0.39 is 17.3 Å². The molecule has 1 N–H and O–H groups in total. The molecule has 2 atom stereocenters. The predicted molar refractivity (Wildman–Crippen MR) is 66.7 cm³/mol. The molecule has 20 heavy (non-hydrogen) atoms. The second kappa shape index (κ2) is 4.40. The Morgan fingerprint density at radius 3 is 2.30 bits per heavy atom. The Bertz CT molecular complexity index is 606. The second-order valence-electron chi connectivity index (χ2n) is 5.13. The molecule has 2 amide bonds. The van der Waals surface area contributed by atoms with E-state index in [1.54, 1.807) is 0 Å². The van der Waals surface area contributed by atoms with Gasteiger partial charge in [0.2, 0.25) is 11.8 Å². The van der Waals surface area contributed by atoms with Gasteiger partial charge in [-0.15, -0.1) is 0 Å². The summed E-state index contributed by atoms with van der Waals surface area (Å²) in [5, 5.41) is 8.77. The third-order valence-electron chi connectivity index (χ3n) is 4.03. The van der Waals surface area contributed by atoms with Crippen molar-refractivity contribution in [3.05, 3.63) is 29.6 Å². The Hall–Kier alpha value is -2.24. The second-order valence-corrected chi connectivity index (χ2v) is 5.13. The van der Waals surface area contributed by atoms with Crippen molar-refractivity contribution in [3.63, 3.8) is 0 Å². The van der Waals surface area contributed by atoms with Crippen LogP contribution in [0.4, 0.5) is 10.1 Å². The zero-order chi connectivity index (χ0) is 14.4. The fraction of sp³-hybridized carbons (Fsp3) is 0.357. The highest BCUT2D eigenvalue weighted by Gasteiger charge is 2.50. The molecule has 3 rings (SSSR count). The number of halogens is 1. The van der Waals surface area contributed by atoms with E-state index in [0.717, 1.165) is 23.5 Å². The van der Waals surface area contributed by atoms with Crippen molar-refractivity contribution in [3.8, 4) is 0 Å². The summed E-state index contributed by atoms with van der Waals surface area (Å²) in [7, 11) is 0. The van der Waals surface area contributed by atoms with E-state index in [2.05, 4.69) is 0 Å². The molecule has 1 saturated heterocycles. The molecule has 0 spiro atoms. The largest absolute Gasteiger partial charge is 0.478 e. The van der Waals surface area contributed by atoms with Gasteiger partial charge in [-0.3, -0.25) is 9.59 Å². The number of amides is 2. The first-order chi connectivity index (χ1) is 9.50. The number of carboxylic acids is 1. The number of carbonyl (C=O) groups excluding carboxylic acids is 2. The van der Waals surface area contributed by atoms with Crippen molar-refractivity contribution in [1.29, 1.82) is 0 Å². The van der Waals surface area contributed by atoms with Crippen LogP contribution >= 0.6 is 0 Å². The van der Waals surface area contributed by atoms with Gasteiger partial charge in [0.25, 0.3) is 0 Å². The minimum atomic E-state index is -1.38. The Morgan fingerprint density at radius 1 is 1.20 bits per heavy atom. The Kier molecular flexibility index (Phi) is 2.81. The quantitative estimate of drug-likeness (QED) is 0.837. The van der Waals surface area contributed by atoms with E-state index >= 15 is 0 Å². The van der Waals surface area contributed by atoms with E-state index in [-0.39, 0.29) is 29.3 Å². The predicted octanol–water partition coefficient (Wildman–Crippen LogP) is 1.81. The van der Waals surface area contributed by atoms with Gasteiger partial charge >= 0.3 is 5.97 Å². The molecule has 6 heteroatoms. The van der Waals surface area contributed by atoms with Crippen molar-refractivity contribution in [1.82, 2.24) is 0 Å². The first-order valence-electron chi connectivity index (χ1n) is 6.41. The molecule has 0 bridgehead atoms. The highest BCUT2D eigenvalue weighted by molar-refractivity contribution is 6.22. The number of fused-ring (bicyclic) bond motifs is 1. The van der Waals surface area contributed by atoms with Gasteiger partial charge in [0, 0.05) is 0 Å². The van der Waals surface area contributed by atoms with Gasteiger partial charge < -0.3 is 5.11 Å². The van der Waals surface area contributed by atoms with Crippen LogP contribution in [0, 0.1) is 17.7 Å². The SMILES string of the molecule is O=C(O)c1ccc(N2C(=O)C3CCCC3C2=O)cc1F. The van der Waals surface area contributed by atoms with Gasteiger partial charge in [-0.1, -0.05) is 6.42 Å². The van der Waals surface area contributed by atoms with Crippen LogP contribution in [0.25, 0.3) is 0 Å². The molecule has 2 unspecified atom stereocenters. The lowest BCUT2D eigenvalue weighted by molar-refractivity contribution is -0.122. The third kappa shape index (κ3) is 1.71. The van der Waals surface area contributed by atoms with Crippen LogP contribution < -0.4 is 4.90 Å². The van der Waals surface area contributed by atoms with E-state index in [0.29, 0.717) is 12.8 Å². The summed E-state index contributed by atoms with van der Waals surface area (Å²) in [6.45, 7) is 0. The molecular weight excluding hydrogens is 265 g/mol. The van der Waals surface area contributed by atoms with Crippen molar-refractivity contribution in [2.75, 3.05) is 4.90 Å². The lowest BCUT2D eigenvalue weighted by atomic mass is 10.00. The number of rotatable bonds is 2. The van der Waals surface area contributed by atoms with Gasteiger partial charge in [-0.2, -0.15) is 0 Å². The lowest BCUT2D eigenvalue weighted by Crippen LogP contribution is -2.31. The first kappa shape index (κ1) is 12.8. The van der Waals surface area contributed by atoms with E-state index in [9.17, 15) is 18.8 Å². The third-order valence-corrected chi connectivity index (χ3v) is 4.03. The summed E-state index contributed by atoms with van der Waals surface area (Å²) >= 11 is 0. The summed E-state index contributed by atoms with van der Waals surface area (Å²) in [6, 6.07) is 3.30. The molecule has 1 aliphatic carbocycles.